The molecule has 0 fully saturated rings. The van der Waals surface area contributed by atoms with Crippen molar-refractivity contribution in [3.8, 4) is 0 Å². The third-order valence-corrected chi connectivity index (χ3v) is 6.32. The summed E-state index contributed by atoms with van der Waals surface area (Å²) in [5.74, 6) is -0.124. The summed E-state index contributed by atoms with van der Waals surface area (Å²) < 4.78 is 8.45. The van der Waals surface area contributed by atoms with E-state index in [9.17, 15) is 4.79 Å². The molecule has 3 rings (SSSR count). The second kappa shape index (κ2) is 8.87. The molecule has 0 radical (unpaired) electrons. The normalized spacial score (nSPS) is 12.1. The van der Waals surface area contributed by atoms with Crippen molar-refractivity contribution in [1.29, 1.82) is 0 Å². The zero-order valence-corrected chi connectivity index (χ0v) is 17.7. The van der Waals surface area contributed by atoms with Gasteiger partial charge < -0.3 is 9.30 Å². The van der Waals surface area contributed by atoms with Gasteiger partial charge in [0.25, 0.3) is 5.91 Å². The summed E-state index contributed by atoms with van der Waals surface area (Å²) in [5.41, 5.74) is 4.52. The summed E-state index contributed by atoms with van der Waals surface area (Å²) in [6.45, 7) is 5.39. The van der Waals surface area contributed by atoms with Crippen molar-refractivity contribution in [2.45, 2.75) is 31.7 Å². The molecular weight excluding hydrogens is 376 g/mol. The number of aryl methyl sites for hydroxylation is 2. The van der Waals surface area contributed by atoms with Crippen molar-refractivity contribution in [1.82, 2.24) is 4.57 Å². The van der Waals surface area contributed by atoms with Crippen LogP contribution >= 0.6 is 23.1 Å². The van der Waals surface area contributed by atoms with Crippen LogP contribution in [-0.4, -0.2) is 30.4 Å². The highest BCUT2D eigenvalue weighted by molar-refractivity contribution is 7.98. The Balaban J connectivity index is 1.97. The van der Waals surface area contributed by atoms with E-state index in [1.54, 1.807) is 30.2 Å². The Labute approximate surface area is 167 Å². The molecule has 0 bridgehead atoms. The molecule has 0 spiro atoms. The van der Waals surface area contributed by atoms with Crippen LogP contribution in [0.5, 0.6) is 0 Å². The first-order valence-corrected chi connectivity index (χ1v) is 10.9. The van der Waals surface area contributed by atoms with Crippen LogP contribution in [0.2, 0.25) is 0 Å². The summed E-state index contributed by atoms with van der Waals surface area (Å²) in [6, 6.07) is 12.5. The molecule has 142 valence electrons. The maximum Gasteiger partial charge on any atom is 0.252 e. The fourth-order valence-corrected chi connectivity index (χ4v) is 4.53. The molecule has 0 aliphatic rings. The zero-order valence-electron chi connectivity index (χ0n) is 16.1. The molecule has 4 nitrogen and oxygen atoms in total. The topological polar surface area (TPSA) is 43.6 Å². The van der Waals surface area contributed by atoms with Gasteiger partial charge in [0.05, 0.1) is 23.2 Å². The maximum atomic E-state index is 12.6. The minimum absolute atomic E-state index is 0.124. The highest BCUT2D eigenvalue weighted by Gasteiger charge is 2.10. The molecule has 0 N–H and O–H groups in total. The van der Waals surface area contributed by atoms with Gasteiger partial charge >= 0.3 is 0 Å². The monoisotopic (exact) mass is 400 g/mol. The Bertz CT molecular complexity index is 1030. The largest absolute Gasteiger partial charge is 0.383 e. The summed E-state index contributed by atoms with van der Waals surface area (Å²) in [6.07, 6.45) is 2.38. The molecule has 3 aromatic rings. The molecule has 0 atom stereocenters. The Morgan fingerprint density at radius 3 is 2.70 bits per heavy atom. The Hall–Kier alpha value is -1.89. The van der Waals surface area contributed by atoms with Crippen molar-refractivity contribution in [3.05, 3.63) is 57.9 Å². The molecule has 2 aromatic carbocycles. The van der Waals surface area contributed by atoms with Crippen molar-refractivity contribution in [2.75, 3.05) is 20.0 Å². The van der Waals surface area contributed by atoms with Crippen LogP contribution in [0.3, 0.4) is 0 Å². The summed E-state index contributed by atoms with van der Waals surface area (Å²) in [4.78, 5) is 19.0. The number of rotatable bonds is 6. The number of aromatic nitrogens is 1. The molecule has 6 heteroatoms. The predicted molar refractivity (Wildman–Crippen MR) is 114 cm³/mol. The molecule has 0 aliphatic carbocycles. The van der Waals surface area contributed by atoms with Gasteiger partial charge in [-0.1, -0.05) is 29.5 Å². The van der Waals surface area contributed by atoms with E-state index in [0.29, 0.717) is 19.6 Å². The molecule has 0 unspecified atom stereocenters. The Kier molecular flexibility index (Phi) is 6.52. The smallest absolute Gasteiger partial charge is 0.252 e. The number of nitrogens with zero attached hydrogens (tertiary/aromatic N) is 2. The number of carbonyl (C=O) groups excluding carboxylic acids is 1. The van der Waals surface area contributed by atoms with E-state index in [1.807, 2.05) is 6.07 Å². The van der Waals surface area contributed by atoms with Gasteiger partial charge in [0.2, 0.25) is 0 Å². The van der Waals surface area contributed by atoms with E-state index in [-0.39, 0.29) is 5.91 Å². The first kappa shape index (κ1) is 19.9. The van der Waals surface area contributed by atoms with E-state index in [0.717, 1.165) is 20.6 Å². The zero-order chi connectivity index (χ0) is 19.4. The number of thioether (sulfide) groups is 1. The fraction of sp³-hybridized carbons (Fsp3) is 0.333. The Morgan fingerprint density at radius 2 is 2.00 bits per heavy atom. The number of hydrogen-bond donors (Lipinski definition) is 0. The molecule has 1 amide bonds. The van der Waals surface area contributed by atoms with Crippen molar-refractivity contribution >= 4 is 39.2 Å². The molecule has 27 heavy (non-hydrogen) atoms. The van der Waals surface area contributed by atoms with E-state index >= 15 is 0 Å². The molecule has 0 saturated carbocycles. The average molecular weight is 401 g/mol. The summed E-state index contributed by atoms with van der Waals surface area (Å²) in [5, 5.41) is 0. The second-order valence-electron chi connectivity index (χ2n) is 6.46. The van der Waals surface area contributed by atoms with Gasteiger partial charge in [-0.2, -0.15) is 4.99 Å². The van der Waals surface area contributed by atoms with Gasteiger partial charge in [0.15, 0.2) is 4.80 Å². The lowest BCUT2D eigenvalue weighted by atomic mass is 10.0. The van der Waals surface area contributed by atoms with E-state index in [4.69, 9.17) is 4.74 Å². The molecule has 0 aliphatic heterocycles. The highest BCUT2D eigenvalue weighted by atomic mass is 32.2. The van der Waals surface area contributed by atoms with Crippen LogP contribution in [0, 0.1) is 13.8 Å². The predicted octanol–water partition coefficient (Wildman–Crippen LogP) is 4.36. The van der Waals surface area contributed by atoms with Crippen molar-refractivity contribution in [3.63, 3.8) is 0 Å². The third kappa shape index (κ3) is 4.69. The number of benzene rings is 2. The van der Waals surface area contributed by atoms with Crippen LogP contribution in [0.25, 0.3) is 10.2 Å². The maximum absolute atomic E-state index is 12.6. The minimum atomic E-state index is -0.124. The van der Waals surface area contributed by atoms with E-state index in [2.05, 4.69) is 60.0 Å². The second-order valence-corrected chi connectivity index (χ2v) is 8.35. The third-order valence-electron chi connectivity index (χ3n) is 4.56. The highest BCUT2D eigenvalue weighted by Crippen LogP contribution is 2.24. The number of amides is 1. The summed E-state index contributed by atoms with van der Waals surface area (Å²) >= 11 is 3.26. The van der Waals surface area contributed by atoms with Gasteiger partial charge in [0, 0.05) is 18.6 Å². The number of hydrogen-bond acceptors (Lipinski definition) is 4. The number of ether oxygens (including phenoxy) is 1. The van der Waals surface area contributed by atoms with Crippen LogP contribution < -0.4 is 4.80 Å². The van der Waals surface area contributed by atoms with Crippen LogP contribution in [0.15, 0.2) is 46.3 Å². The van der Waals surface area contributed by atoms with Crippen molar-refractivity contribution in [2.24, 2.45) is 4.99 Å². The standard InChI is InChI=1S/C21H24N2O2S2/c1-14-5-6-16(11-15(14)2)12-20(24)22-21-23(9-10-25-3)18-8-7-17(26-4)13-19(18)27-21/h5-8,11,13H,9-10,12H2,1-4H3. The van der Waals surface area contributed by atoms with Gasteiger partial charge in [-0.05, 0) is 55.0 Å². The molecular formula is C21H24N2O2S2. The molecule has 0 saturated heterocycles. The Morgan fingerprint density at radius 1 is 1.19 bits per heavy atom. The lowest BCUT2D eigenvalue weighted by Gasteiger charge is -2.05. The first-order chi connectivity index (χ1) is 13.0. The fourth-order valence-electron chi connectivity index (χ4n) is 2.90. The number of carbonyl (C=O) groups is 1. The first-order valence-electron chi connectivity index (χ1n) is 8.82. The van der Waals surface area contributed by atoms with E-state index in [1.165, 1.54) is 16.0 Å². The SMILES string of the molecule is COCCn1c(=NC(=O)Cc2ccc(C)c(C)c2)sc2cc(SC)ccc21. The van der Waals surface area contributed by atoms with E-state index < -0.39 is 0 Å². The van der Waals surface area contributed by atoms with Gasteiger partial charge in [-0.25, -0.2) is 0 Å². The number of thiazole rings is 1. The lowest BCUT2D eigenvalue weighted by molar-refractivity contribution is -0.117. The molecule has 1 heterocycles. The van der Waals surface area contributed by atoms with Crippen molar-refractivity contribution < 1.29 is 9.53 Å². The molecule has 1 aromatic heterocycles. The van der Waals surface area contributed by atoms with Crippen LogP contribution in [0.1, 0.15) is 16.7 Å². The van der Waals surface area contributed by atoms with Gasteiger partial charge in [-0.15, -0.1) is 11.8 Å². The summed E-state index contributed by atoms with van der Waals surface area (Å²) in [7, 11) is 1.68. The number of methoxy groups -OCH3 is 1. The average Bonchev–Trinajstić information content (AvgIpc) is 2.98. The minimum Gasteiger partial charge on any atom is -0.383 e. The van der Waals surface area contributed by atoms with Crippen LogP contribution in [0.4, 0.5) is 0 Å². The van der Waals surface area contributed by atoms with Crippen LogP contribution in [-0.2, 0) is 22.5 Å². The quantitative estimate of drug-likeness (QED) is 0.578. The number of fused-ring (bicyclic) bond motifs is 1. The van der Waals surface area contributed by atoms with Gasteiger partial charge in [-0.3, -0.25) is 4.79 Å². The van der Waals surface area contributed by atoms with Gasteiger partial charge in [0.1, 0.15) is 0 Å². The lowest BCUT2D eigenvalue weighted by Crippen LogP contribution is -2.19.